The fourth-order valence-electron chi connectivity index (χ4n) is 2.85. The van der Waals surface area contributed by atoms with E-state index in [0.717, 1.165) is 64.7 Å². The molecule has 0 aromatic carbocycles. The molecule has 0 saturated carbocycles. The van der Waals surface area contributed by atoms with Gasteiger partial charge in [0.1, 0.15) is 0 Å². The first kappa shape index (κ1) is 25.4. The number of halogens is 1. The molecule has 0 aromatic heterocycles. The Morgan fingerprint density at radius 2 is 2.12 bits per heavy atom. The Labute approximate surface area is 176 Å². The Kier molecular flexibility index (Phi) is 14.1. The van der Waals surface area contributed by atoms with Crippen LogP contribution in [0, 0.1) is 5.92 Å². The van der Waals surface area contributed by atoms with Gasteiger partial charge in [0.2, 0.25) is 5.91 Å². The molecule has 1 rings (SSSR count). The number of guanidine groups is 1. The third-order valence-electron chi connectivity index (χ3n) is 4.32. The van der Waals surface area contributed by atoms with Crippen molar-refractivity contribution in [2.75, 3.05) is 60.0 Å². The van der Waals surface area contributed by atoms with Gasteiger partial charge in [-0.25, -0.2) is 0 Å². The van der Waals surface area contributed by atoms with Gasteiger partial charge in [0, 0.05) is 51.8 Å². The van der Waals surface area contributed by atoms with Crippen molar-refractivity contribution in [3.8, 4) is 0 Å². The Morgan fingerprint density at radius 1 is 1.38 bits per heavy atom. The van der Waals surface area contributed by atoms with E-state index in [0.29, 0.717) is 0 Å². The van der Waals surface area contributed by atoms with Crippen LogP contribution in [0.4, 0.5) is 0 Å². The van der Waals surface area contributed by atoms with E-state index >= 15 is 0 Å². The summed E-state index contributed by atoms with van der Waals surface area (Å²) < 4.78 is 5.09. The molecule has 8 heteroatoms. The standard InChI is InChI=1S/C18H37N5O2.HI/c1-6-19-18(20-9-7-10-22(4)12-13-25-5)21-16-8-11-23(14-16)17(24)15(2)3;/h15-16H,6-14H2,1-5H3,(H2,19,20,21);1H. The van der Waals surface area contributed by atoms with E-state index in [1.165, 1.54) is 0 Å². The fourth-order valence-corrected chi connectivity index (χ4v) is 2.85. The van der Waals surface area contributed by atoms with Crippen molar-refractivity contribution in [3.63, 3.8) is 0 Å². The third kappa shape index (κ3) is 9.91. The van der Waals surface area contributed by atoms with E-state index in [2.05, 4.69) is 34.5 Å². The number of hydrogen-bond donors (Lipinski definition) is 2. The minimum Gasteiger partial charge on any atom is -0.383 e. The fraction of sp³-hybridized carbons (Fsp3) is 0.889. The molecule has 1 unspecified atom stereocenters. The van der Waals surface area contributed by atoms with E-state index in [1.54, 1.807) is 7.11 Å². The Balaban J connectivity index is 0.00000625. The highest BCUT2D eigenvalue weighted by molar-refractivity contribution is 14.0. The first-order chi connectivity index (χ1) is 12.0. The monoisotopic (exact) mass is 483 g/mol. The predicted molar refractivity (Wildman–Crippen MR) is 118 cm³/mol. The van der Waals surface area contributed by atoms with E-state index in [4.69, 9.17) is 4.74 Å². The molecule has 1 saturated heterocycles. The molecule has 2 N–H and O–H groups in total. The number of nitrogens with one attached hydrogen (secondary N) is 2. The Bertz CT molecular complexity index is 420. The summed E-state index contributed by atoms with van der Waals surface area (Å²) in [5.41, 5.74) is 0. The van der Waals surface area contributed by atoms with Gasteiger partial charge in [-0.15, -0.1) is 24.0 Å². The minimum atomic E-state index is 0. The SMILES string of the molecule is CCNC(=NCCCN(C)CCOC)NC1CCN(C(=O)C(C)C)C1.I. The van der Waals surface area contributed by atoms with Gasteiger partial charge in [-0.05, 0) is 33.4 Å². The van der Waals surface area contributed by atoms with Crippen LogP contribution in [0.2, 0.25) is 0 Å². The van der Waals surface area contributed by atoms with Gasteiger partial charge in [-0.1, -0.05) is 13.8 Å². The summed E-state index contributed by atoms with van der Waals surface area (Å²) in [6, 6.07) is 0.282. The first-order valence-electron chi connectivity index (χ1n) is 9.49. The number of aliphatic imine (C=N–C) groups is 1. The summed E-state index contributed by atoms with van der Waals surface area (Å²) in [4.78, 5) is 21.0. The zero-order valence-corrected chi connectivity index (χ0v) is 19.4. The third-order valence-corrected chi connectivity index (χ3v) is 4.32. The number of methoxy groups -OCH3 is 1. The minimum absolute atomic E-state index is 0. The highest BCUT2D eigenvalue weighted by Crippen LogP contribution is 2.12. The molecule has 26 heavy (non-hydrogen) atoms. The van der Waals surface area contributed by atoms with Crippen LogP contribution in [0.1, 0.15) is 33.6 Å². The number of hydrogen-bond acceptors (Lipinski definition) is 4. The molecule has 1 amide bonds. The lowest BCUT2D eigenvalue weighted by Gasteiger charge is -2.20. The smallest absolute Gasteiger partial charge is 0.225 e. The molecule has 1 heterocycles. The molecule has 0 bridgehead atoms. The van der Waals surface area contributed by atoms with Crippen LogP contribution >= 0.6 is 24.0 Å². The van der Waals surface area contributed by atoms with Crippen molar-refractivity contribution in [3.05, 3.63) is 0 Å². The van der Waals surface area contributed by atoms with Crippen molar-refractivity contribution < 1.29 is 9.53 Å². The zero-order valence-electron chi connectivity index (χ0n) is 17.1. The summed E-state index contributed by atoms with van der Waals surface area (Å²) in [6.45, 7) is 11.9. The number of likely N-dealkylation sites (tertiary alicyclic amines) is 1. The van der Waals surface area contributed by atoms with Gasteiger partial charge < -0.3 is 25.2 Å². The van der Waals surface area contributed by atoms with Crippen LogP contribution in [0.25, 0.3) is 0 Å². The molecular formula is C18H38IN5O2. The van der Waals surface area contributed by atoms with Crippen LogP contribution < -0.4 is 10.6 Å². The van der Waals surface area contributed by atoms with Gasteiger partial charge in [0.25, 0.3) is 0 Å². The van der Waals surface area contributed by atoms with Gasteiger partial charge in [-0.3, -0.25) is 9.79 Å². The summed E-state index contributed by atoms with van der Waals surface area (Å²) in [7, 11) is 3.83. The van der Waals surface area contributed by atoms with Crippen LogP contribution in [-0.2, 0) is 9.53 Å². The maximum atomic E-state index is 12.1. The van der Waals surface area contributed by atoms with Crippen LogP contribution in [0.5, 0.6) is 0 Å². The quantitative estimate of drug-likeness (QED) is 0.213. The molecule has 0 spiro atoms. The van der Waals surface area contributed by atoms with Crippen LogP contribution in [0.3, 0.4) is 0 Å². The molecule has 0 radical (unpaired) electrons. The molecular weight excluding hydrogens is 445 g/mol. The molecule has 1 atom stereocenters. The number of ether oxygens (including phenoxy) is 1. The largest absolute Gasteiger partial charge is 0.383 e. The van der Waals surface area contributed by atoms with Crippen molar-refractivity contribution >= 4 is 35.8 Å². The van der Waals surface area contributed by atoms with E-state index < -0.39 is 0 Å². The number of carbonyl (C=O) groups excluding carboxylic acids is 1. The number of carbonyl (C=O) groups is 1. The normalized spacial score (nSPS) is 17.6. The molecule has 7 nitrogen and oxygen atoms in total. The molecule has 1 fully saturated rings. The van der Waals surface area contributed by atoms with Crippen molar-refractivity contribution in [2.45, 2.75) is 39.7 Å². The highest BCUT2D eigenvalue weighted by Gasteiger charge is 2.27. The lowest BCUT2D eigenvalue weighted by Crippen LogP contribution is -2.45. The summed E-state index contributed by atoms with van der Waals surface area (Å²) in [6.07, 6.45) is 1.99. The van der Waals surface area contributed by atoms with Gasteiger partial charge >= 0.3 is 0 Å². The van der Waals surface area contributed by atoms with Crippen molar-refractivity contribution in [1.29, 1.82) is 0 Å². The summed E-state index contributed by atoms with van der Waals surface area (Å²) in [5.74, 6) is 1.16. The molecule has 1 aliphatic heterocycles. The second kappa shape index (κ2) is 14.4. The maximum Gasteiger partial charge on any atom is 0.225 e. The Hall–Kier alpha value is -0.610. The lowest BCUT2D eigenvalue weighted by molar-refractivity contribution is -0.133. The Morgan fingerprint density at radius 3 is 2.73 bits per heavy atom. The molecule has 0 aromatic rings. The number of amides is 1. The average molecular weight is 483 g/mol. The van der Waals surface area contributed by atoms with E-state index in [9.17, 15) is 4.79 Å². The van der Waals surface area contributed by atoms with Crippen molar-refractivity contribution in [1.82, 2.24) is 20.4 Å². The van der Waals surface area contributed by atoms with Gasteiger partial charge in [0.15, 0.2) is 5.96 Å². The lowest BCUT2D eigenvalue weighted by atomic mass is 10.2. The molecule has 154 valence electrons. The second-order valence-corrected chi connectivity index (χ2v) is 6.98. The zero-order chi connectivity index (χ0) is 18.7. The second-order valence-electron chi connectivity index (χ2n) is 6.98. The number of likely N-dealkylation sites (N-methyl/N-ethyl adjacent to an activating group) is 1. The predicted octanol–water partition coefficient (Wildman–Crippen LogP) is 1.38. The first-order valence-corrected chi connectivity index (χ1v) is 9.49. The van der Waals surface area contributed by atoms with Crippen LogP contribution in [-0.4, -0.2) is 87.7 Å². The summed E-state index contributed by atoms with van der Waals surface area (Å²) in [5, 5.41) is 6.78. The topological polar surface area (TPSA) is 69.2 Å². The highest BCUT2D eigenvalue weighted by atomic mass is 127. The average Bonchev–Trinajstić information content (AvgIpc) is 3.04. The van der Waals surface area contributed by atoms with Gasteiger partial charge in [0.05, 0.1) is 6.61 Å². The number of rotatable bonds is 10. The summed E-state index contributed by atoms with van der Waals surface area (Å²) >= 11 is 0. The molecule has 0 aliphatic carbocycles. The maximum absolute atomic E-state index is 12.1. The van der Waals surface area contributed by atoms with Gasteiger partial charge in [-0.2, -0.15) is 0 Å². The van der Waals surface area contributed by atoms with E-state index in [-0.39, 0.29) is 41.8 Å². The van der Waals surface area contributed by atoms with Crippen molar-refractivity contribution in [2.24, 2.45) is 10.9 Å². The number of nitrogens with zero attached hydrogens (tertiary/aromatic N) is 3. The molecule has 1 aliphatic rings. The van der Waals surface area contributed by atoms with Crippen LogP contribution in [0.15, 0.2) is 4.99 Å². The van der Waals surface area contributed by atoms with E-state index in [1.807, 2.05) is 18.7 Å².